The summed E-state index contributed by atoms with van der Waals surface area (Å²) in [5, 5.41) is 9.09. The van der Waals surface area contributed by atoms with Crippen LogP contribution >= 0.6 is 11.3 Å². The zero-order valence-corrected chi connectivity index (χ0v) is 14.4. The Balaban J connectivity index is 1.42. The Labute approximate surface area is 137 Å². The Kier molecular flexibility index (Phi) is 5.33. The number of thiophene rings is 1. The number of rotatable bonds is 5. The van der Waals surface area contributed by atoms with E-state index in [0.717, 1.165) is 19.0 Å². The first-order valence-corrected chi connectivity index (χ1v) is 9.08. The molecule has 2 N–H and O–H groups in total. The monoisotopic (exact) mass is 321 g/mol. The van der Waals surface area contributed by atoms with Gasteiger partial charge in [0.15, 0.2) is 5.96 Å². The molecule has 6 heteroatoms. The molecule has 2 bridgehead atoms. The van der Waals surface area contributed by atoms with Crippen molar-refractivity contribution >= 4 is 17.3 Å². The third-order valence-electron chi connectivity index (χ3n) is 4.73. The number of nitrogens with one attached hydrogen (secondary N) is 2. The molecule has 22 heavy (non-hydrogen) atoms. The van der Waals surface area contributed by atoms with Gasteiger partial charge in [0.2, 0.25) is 0 Å². The SMILES string of the molecule is CN=C(NCC(C)c1cccs1)NCC1CN2CCN1CC2. The van der Waals surface area contributed by atoms with Crippen LogP contribution in [0.4, 0.5) is 0 Å². The number of aliphatic imine (C=N–C) groups is 1. The van der Waals surface area contributed by atoms with Crippen LogP contribution in [0, 0.1) is 0 Å². The van der Waals surface area contributed by atoms with Crippen molar-refractivity contribution in [1.29, 1.82) is 0 Å². The minimum absolute atomic E-state index is 0.513. The first kappa shape index (κ1) is 15.8. The summed E-state index contributed by atoms with van der Waals surface area (Å²) in [4.78, 5) is 11.0. The highest BCUT2D eigenvalue weighted by molar-refractivity contribution is 7.10. The maximum atomic E-state index is 4.35. The lowest BCUT2D eigenvalue weighted by Crippen LogP contribution is -2.63. The fourth-order valence-electron chi connectivity index (χ4n) is 3.28. The van der Waals surface area contributed by atoms with Gasteiger partial charge in [-0.05, 0) is 11.4 Å². The molecule has 1 aromatic heterocycles. The standard InChI is InChI=1S/C16H27N5S/c1-13(15-4-3-9-22-15)10-18-16(17-2)19-11-14-12-20-5-7-21(14)8-6-20/h3-4,9,13-14H,5-8,10-12H2,1-2H3,(H2,17,18,19). The summed E-state index contributed by atoms with van der Waals surface area (Å²) in [6.45, 7) is 10.2. The predicted molar refractivity (Wildman–Crippen MR) is 93.9 cm³/mol. The van der Waals surface area contributed by atoms with Crippen molar-refractivity contribution in [3.05, 3.63) is 22.4 Å². The number of hydrogen-bond donors (Lipinski definition) is 2. The van der Waals surface area contributed by atoms with Crippen molar-refractivity contribution in [1.82, 2.24) is 20.4 Å². The average molecular weight is 321 g/mol. The highest BCUT2D eigenvalue weighted by atomic mass is 32.1. The van der Waals surface area contributed by atoms with Gasteiger partial charge in [0.05, 0.1) is 0 Å². The first-order valence-electron chi connectivity index (χ1n) is 8.20. The zero-order chi connectivity index (χ0) is 15.4. The van der Waals surface area contributed by atoms with Gasteiger partial charge in [-0.2, -0.15) is 0 Å². The summed E-state index contributed by atoms with van der Waals surface area (Å²) in [7, 11) is 1.85. The molecule has 0 aromatic carbocycles. The minimum atomic E-state index is 0.513. The lowest BCUT2D eigenvalue weighted by molar-refractivity contribution is 0.0154. The van der Waals surface area contributed by atoms with E-state index in [1.807, 2.05) is 18.4 Å². The second-order valence-electron chi connectivity index (χ2n) is 6.24. The topological polar surface area (TPSA) is 42.9 Å². The molecule has 122 valence electrons. The molecule has 2 atom stereocenters. The Hall–Kier alpha value is -1.11. The quantitative estimate of drug-likeness (QED) is 0.628. The van der Waals surface area contributed by atoms with Crippen LogP contribution in [0.2, 0.25) is 0 Å². The van der Waals surface area contributed by atoms with Crippen LogP contribution < -0.4 is 10.6 Å². The summed E-state index contributed by atoms with van der Waals surface area (Å²) in [6.07, 6.45) is 0. The van der Waals surface area contributed by atoms with Gasteiger partial charge in [-0.25, -0.2) is 0 Å². The molecule has 0 radical (unpaired) electrons. The molecule has 4 heterocycles. The molecule has 3 aliphatic heterocycles. The molecule has 3 fully saturated rings. The van der Waals surface area contributed by atoms with Crippen molar-refractivity contribution in [2.75, 3.05) is 52.9 Å². The number of guanidine groups is 1. The first-order chi connectivity index (χ1) is 10.8. The van der Waals surface area contributed by atoms with Crippen molar-refractivity contribution < 1.29 is 0 Å². The van der Waals surface area contributed by atoms with Crippen molar-refractivity contribution in [2.24, 2.45) is 4.99 Å². The number of nitrogens with zero attached hydrogens (tertiary/aromatic N) is 3. The Morgan fingerprint density at radius 1 is 1.36 bits per heavy atom. The smallest absolute Gasteiger partial charge is 0.191 e. The van der Waals surface area contributed by atoms with E-state index in [9.17, 15) is 0 Å². The lowest BCUT2D eigenvalue weighted by atomic mass is 10.1. The van der Waals surface area contributed by atoms with E-state index in [2.05, 4.69) is 49.9 Å². The van der Waals surface area contributed by atoms with Gasteiger partial charge in [-0.15, -0.1) is 11.3 Å². The number of hydrogen-bond acceptors (Lipinski definition) is 4. The Morgan fingerprint density at radius 2 is 2.18 bits per heavy atom. The normalized spacial score (nSPS) is 29.4. The van der Waals surface area contributed by atoms with Gasteiger partial charge in [0, 0.05) is 69.7 Å². The van der Waals surface area contributed by atoms with Crippen molar-refractivity contribution in [2.45, 2.75) is 18.9 Å². The van der Waals surface area contributed by atoms with Crippen molar-refractivity contribution in [3.8, 4) is 0 Å². The van der Waals surface area contributed by atoms with Gasteiger partial charge in [-0.1, -0.05) is 13.0 Å². The van der Waals surface area contributed by atoms with E-state index in [-0.39, 0.29) is 0 Å². The van der Waals surface area contributed by atoms with Crippen LogP contribution in [0.15, 0.2) is 22.5 Å². The van der Waals surface area contributed by atoms with E-state index < -0.39 is 0 Å². The summed E-state index contributed by atoms with van der Waals surface area (Å²) < 4.78 is 0. The van der Waals surface area contributed by atoms with E-state index in [0.29, 0.717) is 12.0 Å². The molecule has 0 spiro atoms. The van der Waals surface area contributed by atoms with Gasteiger partial charge < -0.3 is 10.6 Å². The van der Waals surface area contributed by atoms with Gasteiger partial charge in [0.1, 0.15) is 0 Å². The Morgan fingerprint density at radius 3 is 2.77 bits per heavy atom. The summed E-state index contributed by atoms with van der Waals surface area (Å²) >= 11 is 1.82. The molecule has 2 unspecified atom stereocenters. The van der Waals surface area contributed by atoms with Crippen LogP contribution in [0.1, 0.15) is 17.7 Å². The van der Waals surface area contributed by atoms with Crippen LogP contribution in [0.5, 0.6) is 0 Å². The zero-order valence-electron chi connectivity index (χ0n) is 13.6. The van der Waals surface area contributed by atoms with Crippen LogP contribution in [0.3, 0.4) is 0 Å². The summed E-state index contributed by atoms with van der Waals surface area (Å²) in [5.74, 6) is 1.43. The second kappa shape index (κ2) is 7.44. The maximum absolute atomic E-state index is 4.35. The highest BCUT2D eigenvalue weighted by Gasteiger charge is 2.31. The predicted octanol–water partition coefficient (Wildman–Crippen LogP) is 1.02. The second-order valence-corrected chi connectivity index (χ2v) is 7.22. The molecular formula is C16H27N5S. The third kappa shape index (κ3) is 3.80. The molecule has 5 nitrogen and oxygen atoms in total. The van der Waals surface area contributed by atoms with E-state index in [4.69, 9.17) is 0 Å². The molecule has 0 aliphatic carbocycles. The summed E-state index contributed by atoms with van der Waals surface area (Å²) in [6, 6.07) is 4.94. The van der Waals surface area contributed by atoms with Crippen molar-refractivity contribution in [3.63, 3.8) is 0 Å². The third-order valence-corrected chi connectivity index (χ3v) is 5.83. The van der Waals surface area contributed by atoms with Gasteiger partial charge in [0.25, 0.3) is 0 Å². The highest BCUT2D eigenvalue weighted by Crippen LogP contribution is 2.19. The van der Waals surface area contributed by atoms with E-state index in [1.165, 1.54) is 37.6 Å². The lowest BCUT2D eigenvalue weighted by Gasteiger charge is -2.47. The number of piperazine rings is 3. The van der Waals surface area contributed by atoms with Crippen LogP contribution in [-0.4, -0.2) is 74.7 Å². The molecule has 4 rings (SSSR count). The minimum Gasteiger partial charge on any atom is -0.356 e. The number of fused-ring (bicyclic) bond motifs is 3. The maximum Gasteiger partial charge on any atom is 0.191 e. The van der Waals surface area contributed by atoms with Gasteiger partial charge in [-0.3, -0.25) is 14.8 Å². The molecule has 3 saturated heterocycles. The molecule has 3 aliphatic rings. The summed E-state index contributed by atoms with van der Waals surface area (Å²) in [5.41, 5.74) is 0. The van der Waals surface area contributed by atoms with E-state index in [1.54, 1.807) is 0 Å². The van der Waals surface area contributed by atoms with Crippen LogP contribution in [0.25, 0.3) is 0 Å². The molecule has 0 amide bonds. The fraction of sp³-hybridized carbons (Fsp3) is 0.688. The fourth-order valence-corrected chi connectivity index (χ4v) is 4.06. The molecule has 0 saturated carbocycles. The average Bonchev–Trinajstić information content (AvgIpc) is 3.10. The van der Waals surface area contributed by atoms with Crippen LogP contribution in [-0.2, 0) is 0 Å². The van der Waals surface area contributed by atoms with Gasteiger partial charge >= 0.3 is 0 Å². The van der Waals surface area contributed by atoms with E-state index >= 15 is 0 Å². The largest absolute Gasteiger partial charge is 0.356 e. The molecular weight excluding hydrogens is 294 g/mol. The Bertz CT molecular complexity index is 479. The molecule has 1 aromatic rings.